The fourth-order valence-corrected chi connectivity index (χ4v) is 3.26. The maximum absolute atomic E-state index is 12.3. The summed E-state index contributed by atoms with van der Waals surface area (Å²) in [5, 5.41) is 0. The highest BCUT2D eigenvalue weighted by atomic mass is 16.5. The van der Waals surface area contributed by atoms with Gasteiger partial charge in [-0.25, -0.2) is 4.79 Å². The van der Waals surface area contributed by atoms with E-state index < -0.39 is 6.04 Å². The molecule has 2 N–H and O–H groups in total. The molecule has 1 aromatic rings. The van der Waals surface area contributed by atoms with Gasteiger partial charge >= 0.3 is 5.97 Å². The Morgan fingerprint density at radius 2 is 2.14 bits per heavy atom. The highest BCUT2D eigenvalue weighted by Crippen LogP contribution is 2.30. The molecule has 22 heavy (non-hydrogen) atoms. The summed E-state index contributed by atoms with van der Waals surface area (Å²) in [5.41, 5.74) is 7.35. The molecule has 1 fully saturated rings. The number of nitrogens with two attached hydrogens (primary N) is 1. The molecule has 2 rings (SSSR count). The van der Waals surface area contributed by atoms with Crippen LogP contribution in [0.15, 0.2) is 24.3 Å². The number of primary amides is 1. The molecule has 1 aliphatic heterocycles. The summed E-state index contributed by atoms with van der Waals surface area (Å²) in [4.78, 5) is 25.6. The van der Waals surface area contributed by atoms with Crippen molar-refractivity contribution in [3.05, 3.63) is 35.4 Å². The van der Waals surface area contributed by atoms with Crippen molar-refractivity contribution in [2.75, 3.05) is 20.2 Å². The molecule has 1 amide bonds. The number of benzene rings is 1. The monoisotopic (exact) mass is 304 g/mol. The van der Waals surface area contributed by atoms with E-state index in [1.165, 1.54) is 7.11 Å². The lowest BCUT2D eigenvalue weighted by molar-refractivity contribution is -0.148. The van der Waals surface area contributed by atoms with Gasteiger partial charge < -0.3 is 10.5 Å². The van der Waals surface area contributed by atoms with Crippen LogP contribution in [0.1, 0.15) is 36.4 Å². The normalized spacial score (nSPS) is 20.4. The lowest BCUT2D eigenvalue weighted by atomic mass is 9.91. The lowest BCUT2D eigenvalue weighted by Gasteiger charge is -2.37. The van der Waals surface area contributed by atoms with Crippen molar-refractivity contribution < 1.29 is 14.3 Å². The minimum absolute atomic E-state index is 0.211. The Morgan fingerprint density at radius 3 is 2.77 bits per heavy atom. The minimum atomic E-state index is -0.415. The molecule has 0 spiro atoms. The number of likely N-dealkylation sites (tertiary alicyclic amines) is 1. The topological polar surface area (TPSA) is 72.6 Å². The van der Waals surface area contributed by atoms with E-state index in [4.69, 9.17) is 10.5 Å². The number of carbonyl (C=O) groups excluding carboxylic acids is 2. The molecular formula is C17H24N2O3. The number of hydrogen-bond donors (Lipinski definition) is 1. The first-order chi connectivity index (χ1) is 10.5. The molecule has 1 saturated heterocycles. The summed E-state index contributed by atoms with van der Waals surface area (Å²) < 4.78 is 5.02. The highest BCUT2D eigenvalue weighted by molar-refractivity contribution is 5.78. The quantitative estimate of drug-likeness (QED) is 0.842. The van der Waals surface area contributed by atoms with E-state index in [0.29, 0.717) is 13.0 Å². The fourth-order valence-electron chi connectivity index (χ4n) is 3.26. The van der Waals surface area contributed by atoms with E-state index in [-0.39, 0.29) is 17.8 Å². The summed E-state index contributed by atoms with van der Waals surface area (Å²) >= 11 is 0. The average Bonchev–Trinajstić information content (AvgIpc) is 2.49. The Labute approximate surface area is 131 Å². The highest BCUT2D eigenvalue weighted by Gasteiger charge is 2.33. The van der Waals surface area contributed by atoms with Gasteiger partial charge in [0.25, 0.3) is 0 Å². The van der Waals surface area contributed by atoms with Gasteiger partial charge in [0.2, 0.25) is 5.91 Å². The number of piperidine rings is 1. The van der Waals surface area contributed by atoms with Crippen LogP contribution in [0, 0.1) is 12.8 Å². The van der Waals surface area contributed by atoms with E-state index in [1.54, 1.807) is 0 Å². The Bertz CT molecular complexity index is 544. The van der Waals surface area contributed by atoms with Gasteiger partial charge in [0.15, 0.2) is 0 Å². The van der Waals surface area contributed by atoms with Gasteiger partial charge in [-0.3, -0.25) is 9.69 Å². The number of hydrogen-bond acceptors (Lipinski definition) is 4. The molecule has 0 bridgehead atoms. The van der Waals surface area contributed by atoms with E-state index in [2.05, 4.69) is 4.90 Å². The molecule has 0 unspecified atom stereocenters. The molecule has 1 heterocycles. The van der Waals surface area contributed by atoms with Crippen LogP contribution in [0.4, 0.5) is 0 Å². The van der Waals surface area contributed by atoms with E-state index >= 15 is 0 Å². The summed E-state index contributed by atoms with van der Waals surface area (Å²) in [6, 6.07) is 7.44. The smallest absolute Gasteiger partial charge is 0.327 e. The maximum Gasteiger partial charge on any atom is 0.327 e. The van der Waals surface area contributed by atoms with Crippen LogP contribution in [0.25, 0.3) is 0 Å². The predicted molar refractivity (Wildman–Crippen MR) is 84.0 cm³/mol. The minimum Gasteiger partial charge on any atom is -0.468 e. The Morgan fingerprint density at radius 1 is 1.41 bits per heavy atom. The van der Waals surface area contributed by atoms with Crippen molar-refractivity contribution in [2.45, 2.75) is 32.2 Å². The number of ether oxygens (including phenoxy) is 1. The van der Waals surface area contributed by atoms with Gasteiger partial charge in [0, 0.05) is 13.0 Å². The van der Waals surface area contributed by atoms with Gasteiger partial charge in [0.05, 0.1) is 7.11 Å². The zero-order valence-corrected chi connectivity index (χ0v) is 13.2. The third kappa shape index (κ3) is 3.85. The molecule has 120 valence electrons. The molecule has 0 aromatic heterocycles. The van der Waals surface area contributed by atoms with Gasteiger partial charge in [-0.15, -0.1) is 0 Å². The number of carbonyl (C=O) groups is 2. The second-order valence-corrected chi connectivity index (χ2v) is 5.96. The number of nitrogens with zero attached hydrogens (tertiary/aromatic N) is 1. The maximum atomic E-state index is 12.3. The van der Waals surface area contributed by atoms with Crippen molar-refractivity contribution >= 4 is 11.9 Å². The van der Waals surface area contributed by atoms with Gasteiger partial charge in [0.1, 0.15) is 6.04 Å². The predicted octanol–water partition coefficient (Wildman–Crippen LogP) is 1.80. The van der Waals surface area contributed by atoms with Crippen LogP contribution >= 0.6 is 0 Å². The number of rotatable bonds is 5. The van der Waals surface area contributed by atoms with Crippen LogP contribution in [-0.2, 0) is 14.3 Å². The van der Waals surface area contributed by atoms with Crippen LogP contribution < -0.4 is 5.73 Å². The van der Waals surface area contributed by atoms with Crippen LogP contribution in [-0.4, -0.2) is 37.0 Å². The van der Waals surface area contributed by atoms with Crippen molar-refractivity contribution in [3.8, 4) is 0 Å². The largest absolute Gasteiger partial charge is 0.468 e. The molecule has 5 heteroatoms. The molecular weight excluding hydrogens is 280 g/mol. The van der Waals surface area contributed by atoms with Gasteiger partial charge in [-0.2, -0.15) is 0 Å². The van der Waals surface area contributed by atoms with Crippen molar-refractivity contribution in [1.82, 2.24) is 4.90 Å². The third-order valence-electron chi connectivity index (χ3n) is 4.31. The first-order valence-corrected chi connectivity index (χ1v) is 7.68. The molecule has 0 saturated carbocycles. The van der Waals surface area contributed by atoms with Crippen LogP contribution in [0.3, 0.4) is 0 Å². The zero-order chi connectivity index (χ0) is 16.1. The van der Waals surface area contributed by atoms with Gasteiger partial charge in [-0.1, -0.05) is 24.3 Å². The number of amides is 1. The number of methoxy groups -OCH3 is 1. The number of aryl methyl sites for hydroxylation is 1. The second kappa shape index (κ2) is 7.40. The van der Waals surface area contributed by atoms with Crippen LogP contribution in [0.2, 0.25) is 0 Å². The average molecular weight is 304 g/mol. The SMILES string of the molecule is COC(=O)[C@@H](c1ccccc1C)N1CCC[C@@H](CC(N)=O)C1. The fraction of sp³-hybridized carbons (Fsp3) is 0.529. The van der Waals surface area contributed by atoms with Gasteiger partial charge in [-0.05, 0) is 43.4 Å². The van der Waals surface area contributed by atoms with Crippen molar-refractivity contribution in [2.24, 2.45) is 11.7 Å². The van der Waals surface area contributed by atoms with E-state index in [0.717, 1.165) is 30.5 Å². The Hall–Kier alpha value is -1.88. The molecule has 5 nitrogen and oxygen atoms in total. The summed E-state index contributed by atoms with van der Waals surface area (Å²) in [6.45, 7) is 3.51. The van der Waals surface area contributed by atoms with Crippen LogP contribution in [0.5, 0.6) is 0 Å². The summed E-state index contributed by atoms with van der Waals surface area (Å²) in [6.07, 6.45) is 2.30. The zero-order valence-electron chi connectivity index (χ0n) is 13.2. The summed E-state index contributed by atoms with van der Waals surface area (Å²) in [5.74, 6) is -0.325. The molecule has 2 atom stereocenters. The first-order valence-electron chi connectivity index (χ1n) is 7.68. The molecule has 0 radical (unpaired) electrons. The molecule has 1 aliphatic rings. The Kier molecular flexibility index (Phi) is 5.55. The van der Waals surface area contributed by atoms with Crippen molar-refractivity contribution in [3.63, 3.8) is 0 Å². The number of esters is 1. The second-order valence-electron chi connectivity index (χ2n) is 5.96. The third-order valence-corrected chi connectivity index (χ3v) is 4.31. The molecule has 1 aromatic carbocycles. The van der Waals surface area contributed by atoms with E-state index in [9.17, 15) is 9.59 Å². The first kappa shape index (κ1) is 16.5. The van der Waals surface area contributed by atoms with E-state index in [1.807, 2.05) is 31.2 Å². The van der Waals surface area contributed by atoms with Crippen molar-refractivity contribution in [1.29, 1.82) is 0 Å². The lowest BCUT2D eigenvalue weighted by Crippen LogP contribution is -2.42. The summed E-state index contributed by atoms with van der Waals surface area (Å²) in [7, 11) is 1.42. The Balaban J connectivity index is 2.24. The molecule has 0 aliphatic carbocycles. The standard InChI is InChI=1S/C17H24N2O3/c1-12-6-3-4-8-14(12)16(17(21)22-2)19-9-5-7-13(11-19)10-15(18)20/h3-4,6,8,13,16H,5,7,9-11H2,1-2H3,(H2,18,20)/t13-,16+/m0/s1.